The minimum atomic E-state index is -1.46. The minimum absolute atomic E-state index is 0.0377. The topological polar surface area (TPSA) is 150 Å². The van der Waals surface area contributed by atoms with Crippen LogP contribution in [-0.4, -0.2) is 86.7 Å². The molecule has 1 aliphatic carbocycles. The number of ether oxygens (including phenoxy) is 10. The molecule has 10 atom stereocenters. The second kappa shape index (κ2) is 12.9. The first-order valence-electron chi connectivity index (χ1n) is 16.6. The molecule has 0 radical (unpaired) electrons. The van der Waals surface area contributed by atoms with Crippen LogP contribution < -0.4 is 23.7 Å². The summed E-state index contributed by atoms with van der Waals surface area (Å²) in [6.45, 7) is 6.01. The Morgan fingerprint density at radius 1 is 0.900 bits per heavy atom. The highest BCUT2D eigenvalue weighted by molar-refractivity contribution is 7.10. The zero-order chi connectivity index (χ0) is 34.9. The fourth-order valence-corrected chi connectivity index (χ4v) is 8.28. The van der Waals surface area contributed by atoms with Crippen LogP contribution >= 0.6 is 11.3 Å². The lowest BCUT2D eigenvalue weighted by Gasteiger charge is -2.48. The lowest BCUT2D eigenvalue weighted by Crippen LogP contribution is -2.62. The van der Waals surface area contributed by atoms with Crippen LogP contribution in [0.3, 0.4) is 0 Å². The van der Waals surface area contributed by atoms with Crippen LogP contribution in [-0.2, 0) is 28.5 Å². The number of hydrogen-bond donors (Lipinski definition) is 2. The molecule has 1 unspecified atom stereocenters. The van der Waals surface area contributed by atoms with Crippen LogP contribution in [0.15, 0.2) is 41.8 Å². The highest BCUT2D eigenvalue weighted by Gasteiger charge is 2.56. The maximum atomic E-state index is 13.7. The average molecular weight is 713 g/mol. The molecule has 2 aromatic carbocycles. The SMILES string of the molecule is COc1cc([C@@H]2c3cc4c(cc3[C@@H](O[C@@H]3O[C@@H]5COC(c6cccs6)O[C@H]5[C@H](O)[C@H]3O)[C@H]3COC(=O)[C@H]23)OCO4)cc(OC)c1OC(C)(C)C. The fourth-order valence-electron chi connectivity index (χ4n) is 7.58. The van der Waals surface area contributed by atoms with Gasteiger partial charge in [-0.2, -0.15) is 0 Å². The molecule has 0 amide bonds. The summed E-state index contributed by atoms with van der Waals surface area (Å²) < 4.78 is 60.0. The van der Waals surface area contributed by atoms with Crippen molar-refractivity contribution in [3.05, 3.63) is 63.3 Å². The lowest BCUT2D eigenvalue weighted by atomic mass is 9.66. The summed E-state index contributed by atoms with van der Waals surface area (Å²) in [6, 6.07) is 11.2. The molecule has 1 aromatic heterocycles. The van der Waals surface area contributed by atoms with Crippen molar-refractivity contribution in [2.45, 2.75) is 75.4 Å². The van der Waals surface area contributed by atoms with Gasteiger partial charge in [0.2, 0.25) is 12.5 Å². The summed E-state index contributed by atoms with van der Waals surface area (Å²) >= 11 is 1.47. The highest BCUT2D eigenvalue weighted by Crippen LogP contribution is 2.57. The van der Waals surface area contributed by atoms with E-state index in [0.717, 1.165) is 16.0 Å². The summed E-state index contributed by atoms with van der Waals surface area (Å²) in [6.07, 6.45) is -7.11. The van der Waals surface area contributed by atoms with Crippen molar-refractivity contribution >= 4 is 17.3 Å². The molecule has 0 saturated carbocycles. The van der Waals surface area contributed by atoms with Crippen molar-refractivity contribution in [2.75, 3.05) is 34.2 Å². The maximum Gasteiger partial charge on any atom is 0.310 e. The number of hydrogen-bond acceptors (Lipinski definition) is 14. The molecule has 5 heterocycles. The standard InChI is InChI=1S/C36H40O13S/c1-36(2,3)49-31-22(40-4)9-16(10-23(31)41-5)26-17-11-20-21(45-15-44-20)12-18(17)30(19-13-42-33(39)27(19)26)47-35-29(38)28(37)32-24(46-35)14-43-34(48-32)25-7-6-8-50-25/h6-12,19,24,26-30,32,34-35,37-38H,13-15H2,1-5H3/t19-,24+,26+,27-,28+,29+,30+,32+,34?,35-/m0/s1. The van der Waals surface area contributed by atoms with Gasteiger partial charge in [0.25, 0.3) is 0 Å². The summed E-state index contributed by atoms with van der Waals surface area (Å²) in [7, 11) is 3.10. The first-order chi connectivity index (χ1) is 24.0. The number of fused-ring (bicyclic) bond motifs is 4. The molecular weight excluding hydrogens is 672 g/mol. The molecule has 14 heteroatoms. The molecule has 3 fully saturated rings. The predicted molar refractivity (Wildman–Crippen MR) is 175 cm³/mol. The number of esters is 1. The van der Waals surface area contributed by atoms with Crippen molar-refractivity contribution in [1.29, 1.82) is 0 Å². The Morgan fingerprint density at radius 2 is 1.62 bits per heavy atom. The van der Waals surface area contributed by atoms with E-state index in [-0.39, 0.29) is 20.0 Å². The predicted octanol–water partition coefficient (Wildman–Crippen LogP) is 4.22. The summed E-state index contributed by atoms with van der Waals surface area (Å²) in [5.74, 6) is 0.222. The largest absolute Gasteiger partial charge is 0.493 e. The monoisotopic (exact) mass is 712 g/mol. The Labute approximate surface area is 292 Å². The van der Waals surface area contributed by atoms with Gasteiger partial charge in [-0.05, 0) is 73.2 Å². The van der Waals surface area contributed by atoms with Gasteiger partial charge in [-0.15, -0.1) is 11.3 Å². The summed E-state index contributed by atoms with van der Waals surface area (Å²) in [5, 5.41) is 24.6. The van der Waals surface area contributed by atoms with Crippen molar-refractivity contribution in [3.8, 4) is 28.7 Å². The van der Waals surface area contributed by atoms with Gasteiger partial charge in [-0.1, -0.05) is 6.07 Å². The van der Waals surface area contributed by atoms with Gasteiger partial charge in [0.05, 0.1) is 44.3 Å². The molecule has 5 aliphatic rings. The fraction of sp³-hybridized carbons (Fsp3) is 0.528. The van der Waals surface area contributed by atoms with Gasteiger partial charge in [0.15, 0.2) is 35.6 Å². The van der Waals surface area contributed by atoms with Crippen LogP contribution in [0.2, 0.25) is 0 Å². The minimum Gasteiger partial charge on any atom is -0.493 e. The van der Waals surface area contributed by atoms with E-state index < -0.39 is 72.4 Å². The number of rotatable bonds is 7. The zero-order valence-corrected chi connectivity index (χ0v) is 29.0. The number of benzene rings is 2. The van der Waals surface area contributed by atoms with E-state index in [1.54, 1.807) is 14.2 Å². The highest BCUT2D eigenvalue weighted by atomic mass is 32.1. The second-order valence-corrected chi connectivity index (χ2v) is 14.9. The molecule has 2 N–H and O–H groups in total. The molecule has 0 spiro atoms. The Kier molecular flexibility index (Phi) is 8.61. The smallest absolute Gasteiger partial charge is 0.310 e. The van der Waals surface area contributed by atoms with Crippen molar-refractivity contribution in [3.63, 3.8) is 0 Å². The van der Waals surface area contributed by atoms with Gasteiger partial charge < -0.3 is 57.6 Å². The van der Waals surface area contributed by atoms with Crippen LogP contribution in [0.5, 0.6) is 28.7 Å². The van der Waals surface area contributed by atoms with E-state index in [0.29, 0.717) is 34.3 Å². The summed E-state index contributed by atoms with van der Waals surface area (Å²) in [4.78, 5) is 14.5. The summed E-state index contributed by atoms with van der Waals surface area (Å²) in [5.41, 5.74) is 1.63. The van der Waals surface area contributed by atoms with Crippen LogP contribution in [0.25, 0.3) is 0 Å². The Hall–Kier alpha value is -3.63. The number of aliphatic hydroxyl groups is 2. The molecule has 50 heavy (non-hydrogen) atoms. The van der Waals surface area contributed by atoms with E-state index in [2.05, 4.69) is 0 Å². The van der Waals surface area contributed by atoms with Crippen LogP contribution in [0.4, 0.5) is 0 Å². The van der Waals surface area contributed by atoms with Gasteiger partial charge in [-0.3, -0.25) is 4.79 Å². The van der Waals surface area contributed by atoms with Crippen molar-refractivity contribution in [1.82, 2.24) is 0 Å². The van der Waals surface area contributed by atoms with Crippen molar-refractivity contribution < 1.29 is 62.4 Å². The molecule has 4 aliphatic heterocycles. The first-order valence-corrected chi connectivity index (χ1v) is 17.4. The Bertz CT molecular complexity index is 1710. The third-order valence-electron chi connectivity index (χ3n) is 9.76. The number of methoxy groups -OCH3 is 2. The van der Waals surface area contributed by atoms with Crippen LogP contribution in [0.1, 0.15) is 60.7 Å². The van der Waals surface area contributed by atoms with E-state index in [9.17, 15) is 15.0 Å². The van der Waals surface area contributed by atoms with Gasteiger partial charge in [0, 0.05) is 11.8 Å². The van der Waals surface area contributed by atoms with Crippen LogP contribution in [0, 0.1) is 11.8 Å². The molecule has 3 aromatic rings. The van der Waals surface area contributed by atoms with E-state index in [1.165, 1.54) is 11.3 Å². The third kappa shape index (κ3) is 5.76. The number of carbonyl (C=O) groups is 1. The molecule has 3 saturated heterocycles. The quantitative estimate of drug-likeness (QED) is 0.337. The Morgan fingerprint density at radius 3 is 2.28 bits per heavy atom. The molecule has 268 valence electrons. The van der Waals surface area contributed by atoms with Gasteiger partial charge in [0.1, 0.15) is 30.0 Å². The third-order valence-corrected chi connectivity index (χ3v) is 10.7. The van der Waals surface area contributed by atoms with E-state index in [1.807, 2.05) is 62.5 Å². The first kappa shape index (κ1) is 33.5. The number of cyclic esters (lactones) is 1. The average Bonchev–Trinajstić information content (AvgIpc) is 3.88. The molecule has 0 bridgehead atoms. The molecular formula is C36H40O13S. The van der Waals surface area contributed by atoms with Crippen molar-refractivity contribution in [2.24, 2.45) is 11.8 Å². The number of carbonyl (C=O) groups excluding carboxylic acids is 1. The molecule has 8 rings (SSSR count). The number of thiophene rings is 1. The normalized spacial score (nSPS) is 32.8. The van der Waals surface area contributed by atoms with Gasteiger partial charge >= 0.3 is 5.97 Å². The second-order valence-electron chi connectivity index (χ2n) is 14.0. The lowest BCUT2D eigenvalue weighted by molar-refractivity contribution is -0.368. The number of aliphatic hydroxyl groups excluding tert-OH is 2. The van der Waals surface area contributed by atoms with E-state index in [4.69, 9.17) is 47.4 Å². The van der Waals surface area contributed by atoms with Gasteiger partial charge in [-0.25, -0.2) is 0 Å². The zero-order valence-electron chi connectivity index (χ0n) is 28.2. The maximum absolute atomic E-state index is 13.7. The van der Waals surface area contributed by atoms with E-state index >= 15 is 0 Å². The Balaban J connectivity index is 1.16. The molecule has 13 nitrogen and oxygen atoms in total.